The fourth-order valence-electron chi connectivity index (χ4n) is 9.87. The summed E-state index contributed by atoms with van der Waals surface area (Å²) in [6.07, 6.45) is 115. The van der Waals surface area contributed by atoms with Crippen LogP contribution in [-0.2, 0) is 65.4 Å². The maximum absolute atomic E-state index is 13.1. The molecule has 0 heterocycles. The molecule has 19 heteroatoms. The van der Waals surface area contributed by atoms with Gasteiger partial charge in [-0.1, -0.05) is 314 Å². The fourth-order valence-corrected chi connectivity index (χ4v) is 11.4. The van der Waals surface area contributed by atoms with Crippen molar-refractivity contribution < 1.29 is 80.2 Å². The molecule has 0 aliphatic carbocycles. The summed E-state index contributed by atoms with van der Waals surface area (Å²) in [5.74, 6) is -2.55. The number of esters is 4. The van der Waals surface area contributed by atoms with E-state index in [4.69, 9.17) is 37.0 Å². The smallest absolute Gasteiger partial charge is 0.462 e. The van der Waals surface area contributed by atoms with Crippen LogP contribution < -0.4 is 0 Å². The summed E-state index contributed by atoms with van der Waals surface area (Å²) < 4.78 is 68.5. The van der Waals surface area contributed by atoms with Crippen molar-refractivity contribution in [2.24, 2.45) is 0 Å². The predicted octanol–water partition coefficient (Wildman–Crippen LogP) is 25.9. The molecule has 0 aliphatic heterocycles. The highest BCUT2D eigenvalue weighted by Gasteiger charge is 2.30. The van der Waals surface area contributed by atoms with Gasteiger partial charge in [-0.05, 0) is 186 Å². The van der Waals surface area contributed by atoms with Crippen LogP contribution in [0, 0.1) is 0 Å². The number of aliphatic hydroxyl groups excluding tert-OH is 1. The number of aliphatic hydroxyl groups is 1. The Morgan fingerprint density at radius 2 is 0.466 bits per heavy atom. The van der Waals surface area contributed by atoms with Crippen LogP contribution in [0.4, 0.5) is 0 Å². The lowest BCUT2D eigenvalue weighted by Gasteiger charge is -2.21. The molecular formula is C97H146O17P2. The van der Waals surface area contributed by atoms with E-state index in [9.17, 15) is 43.2 Å². The summed E-state index contributed by atoms with van der Waals surface area (Å²) in [6, 6.07) is 0. The van der Waals surface area contributed by atoms with Crippen molar-refractivity contribution in [1.29, 1.82) is 0 Å². The zero-order chi connectivity index (χ0) is 84.5. The van der Waals surface area contributed by atoms with E-state index in [1.807, 2.05) is 54.7 Å². The number of unbranched alkanes of at least 4 members (excludes halogenated alkanes) is 6. The van der Waals surface area contributed by atoms with Gasteiger partial charge in [0.1, 0.15) is 19.3 Å². The summed E-state index contributed by atoms with van der Waals surface area (Å²) in [7, 11) is -10.1. The predicted molar refractivity (Wildman–Crippen MR) is 481 cm³/mol. The molecule has 0 amide bonds. The molecular weight excluding hydrogens is 1500 g/mol. The van der Waals surface area contributed by atoms with Crippen molar-refractivity contribution in [3.05, 3.63) is 267 Å². The SMILES string of the molecule is CC/C=C\C/C=C\C/C=C\C/C=C\C/C=C\C/C=C\CCC(=O)O[C@H](COC(=O)CC/C=C\C/C=C\C/C=C\C/C=C\C/C=C\CCCCC)COP(=O)(O)OC[C@H](O)COP(=O)(O)OC[C@@H](COC(=O)CCCCC/C=C\C/C=C\C/C=C\C/C=C\C/C=C\CC)OC(=O)CC/C=C\C/C=C\C/C=C\C/C=C\C/C=C\C/C=C\CC. The molecule has 0 radical (unpaired) electrons. The normalized spacial score (nSPS) is 15.1. The van der Waals surface area contributed by atoms with Crippen molar-refractivity contribution in [2.75, 3.05) is 39.6 Å². The van der Waals surface area contributed by atoms with Crippen LogP contribution in [-0.4, -0.2) is 96.7 Å². The highest BCUT2D eigenvalue weighted by Crippen LogP contribution is 2.45. The zero-order valence-electron chi connectivity index (χ0n) is 70.8. The summed E-state index contributed by atoms with van der Waals surface area (Å²) in [4.78, 5) is 73.2. The van der Waals surface area contributed by atoms with E-state index in [1.54, 1.807) is 0 Å². The third kappa shape index (κ3) is 84.3. The molecule has 17 nitrogen and oxygen atoms in total. The lowest BCUT2D eigenvalue weighted by molar-refractivity contribution is -0.161. The average molecular weight is 1650 g/mol. The van der Waals surface area contributed by atoms with Crippen molar-refractivity contribution in [3.8, 4) is 0 Å². The number of hydrogen-bond donors (Lipinski definition) is 3. The Kier molecular flexibility index (Phi) is 79.6. The van der Waals surface area contributed by atoms with Gasteiger partial charge in [0.05, 0.1) is 26.4 Å². The van der Waals surface area contributed by atoms with Crippen molar-refractivity contribution in [1.82, 2.24) is 0 Å². The number of phosphoric ester groups is 2. The van der Waals surface area contributed by atoms with Gasteiger partial charge in [-0.2, -0.15) is 0 Å². The maximum Gasteiger partial charge on any atom is 0.472 e. The number of hydrogen-bond acceptors (Lipinski definition) is 15. The van der Waals surface area contributed by atoms with Crippen LogP contribution in [0.5, 0.6) is 0 Å². The number of allylic oxidation sites excluding steroid dienone is 44. The first-order valence-electron chi connectivity index (χ1n) is 42.6. The highest BCUT2D eigenvalue weighted by molar-refractivity contribution is 7.47. The Labute approximate surface area is 700 Å². The van der Waals surface area contributed by atoms with Crippen LogP contribution in [0.1, 0.15) is 259 Å². The molecule has 0 aromatic heterocycles. The molecule has 646 valence electrons. The van der Waals surface area contributed by atoms with E-state index in [2.05, 4.69) is 240 Å². The second kappa shape index (κ2) is 85.2. The van der Waals surface area contributed by atoms with Gasteiger partial charge in [-0.15, -0.1) is 0 Å². The number of rotatable bonds is 76. The lowest BCUT2D eigenvalue weighted by Crippen LogP contribution is -2.30. The van der Waals surface area contributed by atoms with E-state index in [0.717, 1.165) is 141 Å². The molecule has 0 fully saturated rings. The van der Waals surface area contributed by atoms with Crippen molar-refractivity contribution in [2.45, 2.75) is 277 Å². The largest absolute Gasteiger partial charge is 0.472 e. The molecule has 0 aromatic carbocycles. The topological polar surface area (TPSA) is 237 Å². The van der Waals surface area contributed by atoms with Gasteiger partial charge in [0.15, 0.2) is 12.2 Å². The molecule has 0 bridgehead atoms. The van der Waals surface area contributed by atoms with Crippen LogP contribution in [0.15, 0.2) is 267 Å². The Balaban J connectivity index is 5.67. The minimum Gasteiger partial charge on any atom is -0.462 e. The monoisotopic (exact) mass is 1650 g/mol. The Hall–Kier alpha value is -7.66. The minimum absolute atomic E-state index is 0.00709. The molecule has 0 saturated heterocycles. The molecule has 0 aromatic rings. The Morgan fingerprint density at radius 1 is 0.250 bits per heavy atom. The first kappa shape index (κ1) is 108. The van der Waals surface area contributed by atoms with Gasteiger partial charge in [0, 0.05) is 25.7 Å². The van der Waals surface area contributed by atoms with E-state index in [1.165, 1.54) is 19.3 Å². The molecule has 0 aliphatic rings. The van der Waals surface area contributed by atoms with E-state index in [-0.39, 0.29) is 25.7 Å². The van der Waals surface area contributed by atoms with E-state index < -0.39 is 97.5 Å². The maximum atomic E-state index is 13.1. The van der Waals surface area contributed by atoms with Gasteiger partial charge in [0.25, 0.3) is 0 Å². The molecule has 0 spiro atoms. The van der Waals surface area contributed by atoms with Crippen LogP contribution in [0.3, 0.4) is 0 Å². The molecule has 0 saturated carbocycles. The van der Waals surface area contributed by atoms with Gasteiger partial charge in [-0.3, -0.25) is 37.3 Å². The first-order valence-corrected chi connectivity index (χ1v) is 45.6. The zero-order valence-corrected chi connectivity index (χ0v) is 72.6. The average Bonchev–Trinajstić information content (AvgIpc) is 0.898. The second-order valence-electron chi connectivity index (χ2n) is 26.9. The summed E-state index contributed by atoms with van der Waals surface area (Å²) in [5.41, 5.74) is 0. The Morgan fingerprint density at radius 3 is 0.724 bits per heavy atom. The molecule has 116 heavy (non-hydrogen) atoms. The number of carbonyl (C=O) groups is 4. The third-order valence-electron chi connectivity index (χ3n) is 16.2. The van der Waals surface area contributed by atoms with Gasteiger partial charge in [-0.25, -0.2) is 9.13 Å². The van der Waals surface area contributed by atoms with E-state index >= 15 is 0 Å². The van der Waals surface area contributed by atoms with Gasteiger partial charge in [0.2, 0.25) is 0 Å². The highest BCUT2D eigenvalue weighted by atomic mass is 31.2. The van der Waals surface area contributed by atoms with E-state index in [0.29, 0.717) is 44.9 Å². The van der Waals surface area contributed by atoms with Crippen molar-refractivity contribution in [3.63, 3.8) is 0 Å². The second-order valence-corrected chi connectivity index (χ2v) is 29.8. The third-order valence-corrected chi connectivity index (χ3v) is 18.1. The standard InChI is InChI=1S/C97H146O17P2/c1-5-9-13-17-21-25-29-33-37-41-45-49-53-57-61-65-69-73-77-81-94(99)107-87-92(113-96(101)83-79-75-71-67-63-59-55-51-47-43-39-35-31-27-23-19-15-11-7-3)89-111-115(103,104)109-85-91(98)86-110-116(105,106)112-90-93(114-97(102)84-80-76-72-68-64-60-56-52-48-44-40-36-32-28-24-20-16-12-8-4)88-108-95(100)82-78-74-70-66-62-58-54-50-46-42-38-34-30-26-22-18-14-10-6-2/h9,11-13,15-16,21-28,33-40,45-52,57-64,70-72,74-76,91-93,98H,5-8,10,14,17-20,29-32,41-44,53-56,65-69,73,77-90H2,1-4H3,(H,103,104)(H,105,106)/b13-9-,15-11-,16-12-,25-21-,26-22-,27-23-,28-24-,37-33-,38-34-,39-35-,40-36-,49-45-,50-46-,51-47-,52-48-,61-57-,62-58-,63-59-,64-60-,74-70-,75-71-,76-72-/t91-,92-,93-/m1/s1. The van der Waals surface area contributed by atoms with Crippen LogP contribution in [0.25, 0.3) is 0 Å². The summed E-state index contributed by atoms with van der Waals surface area (Å²) >= 11 is 0. The summed E-state index contributed by atoms with van der Waals surface area (Å²) in [6.45, 7) is 4.16. The van der Waals surface area contributed by atoms with Gasteiger partial charge < -0.3 is 33.8 Å². The first-order chi connectivity index (χ1) is 56.7. The van der Waals surface area contributed by atoms with Gasteiger partial charge >= 0.3 is 39.5 Å². The number of phosphoric acid groups is 2. The summed E-state index contributed by atoms with van der Waals surface area (Å²) in [5, 5.41) is 10.7. The number of ether oxygens (including phenoxy) is 4. The fraction of sp³-hybridized carbons (Fsp3) is 0.505. The van der Waals surface area contributed by atoms with Crippen molar-refractivity contribution >= 4 is 39.5 Å². The minimum atomic E-state index is -5.05. The quantitative estimate of drug-likeness (QED) is 0.0169. The molecule has 3 N–H and O–H groups in total. The number of carbonyl (C=O) groups excluding carboxylic acids is 4. The molecule has 0 rings (SSSR count). The molecule has 2 unspecified atom stereocenters. The van der Waals surface area contributed by atoms with Crippen LogP contribution in [0.2, 0.25) is 0 Å². The lowest BCUT2D eigenvalue weighted by atomic mass is 10.1. The molecule has 5 atom stereocenters. The Bertz CT molecular complexity index is 3260. The van der Waals surface area contributed by atoms with Crippen LogP contribution >= 0.6 is 15.6 Å².